The Balaban J connectivity index is 1.55. The van der Waals surface area contributed by atoms with Crippen LogP contribution in [0.1, 0.15) is 21.6 Å². The lowest BCUT2D eigenvalue weighted by Crippen LogP contribution is -2.28. The first-order valence-corrected chi connectivity index (χ1v) is 8.94. The van der Waals surface area contributed by atoms with Crippen LogP contribution in [-0.4, -0.2) is 17.0 Å². The van der Waals surface area contributed by atoms with Crippen molar-refractivity contribution in [2.45, 2.75) is 13.0 Å². The summed E-state index contributed by atoms with van der Waals surface area (Å²) in [5.41, 5.74) is 3.17. The molecule has 28 heavy (non-hydrogen) atoms. The third-order valence-corrected chi connectivity index (χ3v) is 4.56. The number of nitrogens with one attached hydrogen (secondary N) is 1. The molecule has 2 aromatic carbocycles. The van der Waals surface area contributed by atoms with Crippen molar-refractivity contribution in [3.63, 3.8) is 0 Å². The first-order valence-electron chi connectivity index (χ1n) is 8.94. The van der Waals surface area contributed by atoms with E-state index in [1.165, 1.54) is 18.4 Å². The zero-order valence-electron chi connectivity index (χ0n) is 15.0. The van der Waals surface area contributed by atoms with Crippen LogP contribution in [0.2, 0.25) is 0 Å². The van der Waals surface area contributed by atoms with Gasteiger partial charge >= 0.3 is 0 Å². The predicted molar refractivity (Wildman–Crippen MR) is 102 cm³/mol. The zero-order chi connectivity index (χ0) is 19.5. The van der Waals surface area contributed by atoms with Crippen molar-refractivity contribution >= 4 is 17.0 Å². The number of halogens is 2. The second-order valence-electron chi connectivity index (χ2n) is 6.56. The zero-order valence-corrected chi connectivity index (χ0v) is 15.0. The van der Waals surface area contributed by atoms with Gasteiger partial charge < -0.3 is 14.3 Å². The van der Waals surface area contributed by atoms with Gasteiger partial charge in [0.2, 0.25) is 0 Å². The molecular weight excluding hydrogens is 362 g/mol. The molecule has 2 aromatic heterocycles. The molecule has 2 heterocycles. The van der Waals surface area contributed by atoms with Crippen LogP contribution in [0.25, 0.3) is 11.1 Å². The van der Waals surface area contributed by atoms with Crippen molar-refractivity contribution in [1.29, 1.82) is 0 Å². The molecule has 0 radical (unpaired) electrons. The Morgan fingerprint density at radius 1 is 0.964 bits per heavy atom. The van der Waals surface area contributed by atoms with E-state index in [2.05, 4.69) is 5.32 Å². The molecule has 4 aromatic rings. The number of nitrogens with zero attached hydrogens (tertiary/aromatic N) is 1. The minimum absolute atomic E-state index is 0.152. The molecule has 0 bridgehead atoms. The third-order valence-electron chi connectivity index (χ3n) is 4.56. The summed E-state index contributed by atoms with van der Waals surface area (Å²) in [6.45, 7) is 0.628. The van der Waals surface area contributed by atoms with E-state index in [4.69, 9.17) is 4.42 Å². The van der Waals surface area contributed by atoms with Crippen LogP contribution in [0.5, 0.6) is 0 Å². The van der Waals surface area contributed by atoms with Gasteiger partial charge in [0.05, 0.1) is 11.8 Å². The average Bonchev–Trinajstić information content (AvgIpc) is 3.24. The molecule has 4 nitrogen and oxygen atoms in total. The van der Waals surface area contributed by atoms with Crippen molar-refractivity contribution in [2.24, 2.45) is 0 Å². The molecule has 0 fully saturated rings. The number of fused-ring (bicyclic) bond motifs is 1. The van der Waals surface area contributed by atoms with Crippen LogP contribution in [-0.2, 0) is 13.0 Å². The summed E-state index contributed by atoms with van der Waals surface area (Å²) in [4.78, 5) is 12.7. The molecule has 6 heteroatoms. The molecule has 0 atom stereocenters. The average molecular weight is 380 g/mol. The van der Waals surface area contributed by atoms with Crippen molar-refractivity contribution in [1.82, 2.24) is 9.88 Å². The Morgan fingerprint density at radius 3 is 2.46 bits per heavy atom. The van der Waals surface area contributed by atoms with E-state index in [0.717, 1.165) is 11.6 Å². The molecule has 142 valence electrons. The topological polar surface area (TPSA) is 47.2 Å². The minimum atomic E-state index is -0.653. The maximum atomic E-state index is 13.6. The summed E-state index contributed by atoms with van der Waals surface area (Å²) in [5, 5.41) is 2.90. The Hall–Kier alpha value is -3.41. The second kappa shape index (κ2) is 7.68. The van der Waals surface area contributed by atoms with Gasteiger partial charge in [-0.3, -0.25) is 4.79 Å². The van der Waals surface area contributed by atoms with Gasteiger partial charge in [0.15, 0.2) is 5.58 Å². The number of hydrogen-bond donors (Lipinski definition) is 1. The maximum absolute atomic E-state index is 13.6. The second-order valence-corrected chi connectivity index (χ2v) is 6.56. The number of benzene rings is 2. The minimum Gasteiger partial charge on any atom is -0.463 e. The van der Waals surface area contributed by atoms with Crippen LogP contribution in [0.15, 0.2) is 71.3 Å². The summed E-state index contributed by atoms with van der Waals surface area (Å²) >= 11 is 0. The van der Waals surface area contributed by atoms with E-state index in [0.29, 0.717) is 35.3 Å². The fourth-order valence-electron chi connectivity index (χ4n) is 3.28. The number of furan rings is 1. The van der Waals surface area contributed by atoms with Gasteiger partial charge in [-0.1, -0.05) is 30.3 Å². The van der Waals surface area contributed by atoms with E-state index in [1.54, 1.807) is 16.7 Å². The largest absolute Gasteiger partial charge is 0.463 e. The SMILES string of the molecule is O=C(NCCc1ccccc1)c1cc2occc2n1Cc1cc(F)cc(F)c1. The molecule has 0 spiro atoms. The number of rotatable bonds is 6. The molecule has 4 rings (SSSR count). The van der Waals surface area contributed by atoms with E-state index in [9.17, 15) is 13.6 Å². The highest BCUT2D eigenvalue weighted by Crippen LogP contribution is 2.23. The Bertz CT molecular complexity index is 1100. The highest BCUT2D eigenvalue weighted by Gasteiger charge is 2.18. The van der Waals surface area contributed by atoms with Crippen molar-refractivity contribution in [3.8, 4) is 0 Å². The van der Waals surface area contributed by atoms with Gasteiger partial charge in [0.25, 0.3) is 5.91 Å². The van der Waals surface area contributed by atoms with Crippen LogP contribution in [0.4, 0.5) is 8.78 Å². The Labute approximate surface area is 160 Å². The van der Waals surface area contributed by atoms with Crippen molar-refractivity contribution < 1.29 is 18.0 Å². The number of aromatic nitrogens is 1. The Kier molecular flexibility index (Phi) is 4.93. The van der Waals surface area contributed by atoms with Crippen LogP contribution >= 0.6 is 0 Å². The summed E-state index contributed by atoms with van der Waals surface area (Å²) in [6, 6.07) is 16.6. The fourth-order valence-corrected chi connectivity index (χ4v) is 3.28. The molecule has 0 aliphatic rings. The molecule has 0 saturated heterocycles. The van der Waals surface area contributed by atoms with Crippen LogP contribution in [0.3, 0.4) is 0 Å². The summed E-state index contributed by atoms with van der Waals surface area (Å²) in [5.74, 6) is -1.57. The van der Waals surface area contributed by atoms with Gasteiger partial charge in [-0.05, 0) is 29.7 Å². The monoisotopic (exact) mass is 380 g/mol. The lowest BCUT2D eigenvalue weighted by Gasteiger charge is -2.11. The van der Waals surface area contributed by atoms with Gasteiger partial charge in [0.1, 0.15) is 17.3 Å². The summed E-state index contributed by atoms with van der Waals surface area (Å²) in [6.07, 6.45) is 2.23. The maximum Gasteiger partial charge on any atom is 0.268 e. The van der Waals surface area contributed by atoms with Gasteiger partial charge in [-0.15, -0.1) is 0 Å². The van der Waals surface area contributed by atoms with Gasteiger partial charge in [-0.2, -0.15) is 0 Å². The van der Waals surface area contributed by atoms with Crippen LogP contribution < -0.4 is 5.32 Å². The standard InChI is InChI=1S/C22H18F2N2O2/c23-17-10-16(11-18(24)12-17)14-26-19-7-9-28-21(19)13-20(26)22(27)25-8-6-15-4-2-1-3-5-15/h1-5,7,9-13H,6,8,14H2,(H,25,27). The first-order chi connectivity index (χ1) is 13.6. The number of carbonyl (C=O) groups is 1. The number of carbonyl (C=O) groups excluding carboxylic acids is 1. The molecule has 0 saturated carbocycles. The van der Waals surface area contributed by atoms with Gasteiger partial charge in [0, 0.05) is 31.3 Å². The molecule has 0 aliphatic carbocycles. The molecule has 0 unspecified atom stereocenters. The van der Waals surface area contributed by atoms with E-state index < -0.39 is 11.6 Å². The van der Waals surface area contributed by atoms with E-state index in [-0.39, 0.29) is 12.5 Å². The summed E-state index contributed by atoms with van der Waals surface area (Å²) < 4.78 is 34.2. The Morgan fingerprint density at radius 2 is 1.71 bits per heavy atom. The van der Waals surface area contributed by atoms with Crippen molar-refractivity contribution in [3.05, 3.63) is 95.4 Å². The highest BCUT2D eigenvalue weighted by atomic mass is 19.1. The number of hydrogen-bond acceptors (Lipinski definition) is 2. The van der Waals surface area contributed by atoms with E-state index in [1.807, 2.05) is 30.3 Å². The highest BCUT2D eigenvalue weighted by molar-refractivity contribution is 5.97. The first kappa shape index (κ1) is 18.0. The van der Waals surface area contributed by atoms with Crippen LogP contribution in [0, 0.1) is 11.6 Å². The third kappa shape index (κ3) is 3.81. The van der Waals surface area contributed by atoms with Gasteiger partial charge in [-0.25, -0.2) is 8.78 Å². The van der Waals surface area contributed by atoms with Crippen molar-refractivity contribution in [2.75, 3.05) is 6.54 Å². The van der Waals surface area contributed by atoms with E-state index >= 15 is 0 Å². The smallest absolute Gasteiger partial charge is 0.268 e. The molecule has 0 aliphatic heterocycles. The predicted octanol–water partition coefficient (Wildman–Crippen LogP) is 4.53. The molecule has 1 N–H and O–H groups in total. The lowest BCUT2D eigenvalue weighted by molar-refractivity contribution is 0.0945. The fraction of sp³-hybridized carbons (Fsp3) is 0.136. The molecule has 1 amide bonds. The summed E-state index contributed by atoms with van der Waals surface area (Å²) in [7, 11) is 0. The normalized spacial score (nSPS) is 11.1. The molecular formula is C22H18F2N2O2. The lowest BCUT2D eigenvalue weighted by atomic mass is 10.1. The number of amides is 1. The quantitative estimate of drug-likeness (QED) is 0.534.